The SMILES string of the molecule is Cn1cc(-c2cc(CCc3ccc(F)cc3)ccn2)c(O)c1O. The Labute approximate surface area is 133 Å². The van der Waals surface area contributed by atoms with Crippen molar-refractivity contribution in [3.63, 3.8) is 0 Å². The monoisotopic (exact) mass is 312 g/mol. The van der Waals surface area contributed by atoms with Crippen molar-refractivity contribution in [3.8, 4) is 22.9 Å². The predicted octanol–water partition coefficient (Wildman–Crippen LogP) is 3.42. The van der Waals surface area contributed by atoms with E-state index in [2.05, 4.69) is 4.98 Å². The number of benzene rings is 1. The quantitative estimate of drug-likeness (QED) is 0.776. The third-order valence-corrected chi connectivity index (χ3v) is 3.84. The Bertz CT molecular complexity index is 826. The minimum Gasteiger partial charge on any atom is -0.503 e. The van der Waals surface area contributed by atoms with Crippen LogP contribution in [0.4, 0.5) is 4.39 Å². The van der Waals surface area contributed by atoms with E-state index in [-0.39, 0.29) is 17.4 Å². The maximum absolute atomic E-state index is 12.9. The fourth-order valence-corrected chi connectivity index (χ4v) is 2.51. The number of nitrogens with zero attached hydrogens (tertiary/aromatic N) is 2. The molecule has 4 nitrogen and oxygen atoms in total. The fourth-order valence-electron chi connectivity index (χ4n) is 2.51. The van der Waals surface area contributed by atoms with E-state index in [1.807, 2.05) is 12.1 Å². The maximum Gasteiger partial charge on any atom is 0.235 e. The molecule has 0 atom stereocenters. The molecule has 23 heavy (non-hydrogen) atoms. The van der Waals surface area contributed by atoms with Crippen molar-refractivity contribution < 1.29 is 14.6 Å². The molecular formula is C18H17FN2O2. The molecule has 2 heterocycles. The molecule has 3 aromatic rings. The van der Waals surface area contributed by atoms with E-state index in [4.69, 9.17) is 0 Å². The highest BCUT2D eigenvalue weighted by Gasteiger charge is 2.15. The Kier molecular flexibility index (Phi) is 4.02. The van der Waals surface area contributed by atoms with Crippen LogP contribution in [0, 0.1) is 5.82 Å². The van der Waals surface area contributed by atoms with Gasteiger partial charge in [0.1, 0.15) is 5.82 Å². The van der Waals surface area contributed by atoms with Gasteiger partial charge in [-0.15, -0.1) is 0 Å². The smallest absolute Gasteiger partial charge is 0.235 e. The first-order chi connectivity index (χ1) is 11.0. The second-order valence-corrected chi connectivity index (χ2v) is 5.50. The summed E-state index contributed by atoms with van der Waals surface area (Å²) in [6, 6.07) is 10.3. The molecule has 118 valence electrons. The number of hydrogen-bond acceptors (Lipinski definition) is 3. The Balaban J connectivity index is 1.79. The average molecular weight is 312 g/mol. The van der Waals surface area contributed by atoms with E-state index in [1.54, 1.807) is 31.6 Å². The molecule has 2 N–H and O–H groups in total. The van der Waals surface area contributed by atoms with Gasteiger partial charge in [-0.1, -0.05) is 12.1 Å². The largest absolute Gasteiger partial charge is 0.503 e. The number of aromatic nitrogens is 2. The lowest BCUT2D eigenvalue weighted by Gasteiger charge is -2.05. The van der Waals surface area contributed by atoms with Crippen molar-refractivity contribution in [3.05, 3.63) is 65.7 Å². The third kappa shape index (κ3) is 3.18. The lowest BCUT2D eigenvalue weighted by molar-refractivity contribution is 0.381. The second kappa shape index (κ2) is 6.12. The molecule has 0 saturated carbocycles. The van der Waals surface area contributed by atoms with Gasteiger partial charge in [-0.2, -0.15) is 0 Å². The summed E-state index contributed by atoms with van der Waals surface area (Å²) in [5.74, 6) is -0.589. The summed E-state index contributed by atoms with van der Waals surface area (Å²) in [7, 11) is 1.65. The van der Waals surface area contributed by atoms with Gasteiger partial charge in [-0.3, -0.25) is 4.98 Å². The van der Waals surface area contributed by atoms with Gasteiger partial charge in [0.05, 0.1) is 11.3 Å². The Morgan fingerprint density at radius 1 is 1.04 bits per heavy atom. The van der Waals surface area contributed by atoms with Crippen molar-refractivity contribution in [1.82, 2.24) is 9.55 Å². The molecule has 0 saturated heterocycles. The number of aryl methyl sites for hydroxylation is 3. The van der Waals surface area contributed by atoms with Gasteiger partial charge < -0.3 is 14.8 Å². The fraction of sp³-hybridized carbons (Fsp3) is 0.167. The first-order valence-corrected chi connectivity index (χ1v) is 7.31. The van der Waals surface area contributed by atoms with Gasteiger partial charge in [0.2, 0.25) is 5.88 Å². The highest BCUT2D eigenvalue weighted by atomic mass is 19.1. The van der Waals surface area contributed by atoms with Crippen molar-refractivity contribution in [2.24, 2.45) is 7.05 Å². The first kappa shape index (κ1) is 15.1. The number of halogens is 1. The van der Waals surface area contributed by atoms with Crippen LogP contribution < -0.4 is 0 Å². The molecule has 2 aromatic heterocycles. The Morgan fingerprint density at radius 2 is 1.74 bits per heavy atom. The summed E-state index contributed by atoms with van der Waals surface area (Å²) in [4.78, 5) is 4.26. The van der Waals surface area contributed by atoms with Gasteiger partial charge in [0.15, 0.2) is 5.75 Å². The van der Waals surface area contributed by atoms with Crippen molar-refractivity contribution >= 4 is 0 Å². The van der Waals surface area contributed by atoms with E-state index in [9.17, 15) is 14.6 Å². The molecule has 0 fully saturated rings. The lowest BCUT2D eigenvalue weighted by Crippen LogP contribution is -1.93. The summed E-state index contributed by atoms with van der Waals surface area (Å²) in [5, 5.41) is 19.6. The molecule has 5 heteroatoms. The summed E-state index contributed by atoms with van der Waals surface area (Å²) in [6.45, 7) is 0. The van der Waals surface area contributed by atoms with E-state index >= 15 is 0 Å². The maximum atomic E-state index is 12.9. The molecular weight excluding hydrogens is 295 g/mol. The summed E-state index contributed by atoms with van der Waals surface area (Å²) < 4.78 is 14.4. The van der Waals surface area contributed by atoms with Gasteiger partial charge in [-0.05, 0) is 48.2 Å². The highest BCUT2D eigenvalue weighted by molar-refractivity contribution is 5.70. The topological polar surface area (TPSA) is 58.3 Å². The summed E-state index contributed by atoms with van der Waals surface area (Å²) in [5.41, 5.74) is 3.22. The number of hydrogen-bond donors (Lipinski definition) is 2. The van der Waals surface area contributed by atoms with Crippen LogP contribution in [0.15, 0.2) is 48.8 Å². The summed E-state index contributed by atoms with van der Waals surface area (Å²) >= 11 is 0. The minimum atomic E-state index is -0.237. The van der Waals surface area contributed by atoms with E-state index in [0.717, 1.165) is 24.0 Å². The number of pyridine rings is 1. The first-order valence-electron chi connectivity index (χ1n) is 7.31. The van der Waals surface area contributed by atoms with E-state index in [0.29, 0.717) is 11.3 Å². The van der Waals surface area contributed by atoms with Gasteiger partial charge >= 0.3 is 0 Å². The van der Waals surface area contributed by atoms with Gasteiger partial charge in [-0.25, -0.2) is 4.39 Å². The molecule has 0 unspecified atom stereocenters. The van der Waals surface area contributed by atoms with Crippen LogP contribution >= 0.6 is 0 Å². The van der Waals surface area contributed by atoms with E-state index < -0.39 is 0 Å². The van der Waals surface area contributed by atoms with Crippen molar-refractivity contribution in [1.29, 1.82) is 0 Å². The van der Waals surface area contributed by atoms with Crippen LogP contribution in [0.25, 0.3) is 11.3 Å². The molecule has 0 amide bonds. The lowest BCUT2D eigenvalue weighted by atomic mass is 10.0. The predicted molar refractivity (Wildman–Crippen MR) is 85.8 cm³/mol. The minimum absolute atomic E-state index is 0.171. The molecule has 1 aromatic carbocycles. The van der Waals surface area contributed by atoms with Gasteiger partial charge in [0.25, 0.3) is 0 Å². The van der Waals surface area contributed by atoms with Crippen molar-refractivity contribution in [2.75, 3.05) is 0 Å². The third-order valence-electron chi connectivity index (χ3n) is 3.84. The molecule has 0 aliphatic rings. The number of aromatic hydroxyl groups is 2. The van der Waals surface area contributed by atoms with Crippen LogP contribution in [-0.2, 0) is 19.9 Å². The van der Waals surface area contributed by atoms with Crippen LogP contribution in [0.2, 0.25) is 0 Å². The zero-order chi connectivity index (χ0) is 16.4. The van der Waals surface area contributed by atoms with Crippen LogP contribution in [0.5, 0.6) is 11.6 Å². The average Bonchev–Trinajstić information content (AvgIpc) is 2.82. The molecule has 0 spiro atoms. The molecule has 3 rings (SSSR count). The standard InChI is InChI=1S/C18H17FN2O2/c1-21-11-15(17(22)18(21)23)16-10-13(8-9-20-16)3-2-12-4-6-14(19)7-5-12/h4-11,22-23H,2-3H2,1H3. The molecule has 0 radical (unpaired) electrons. The normalized spacial score (nSPS) is 10.9. The highest BCUT2D eigenvalue weighted by Crippen LogP contribution is 2.37. The van der Waals surface area contributed by atoms with E-state index in [1.165, 1.54) is 16.7 Å². The zero-order valence-corrected chi connectivity index (χ0v) is 12.7. The van der Waals surface area contributed by atoms with Crippen LogP contribution in [0.3, 0.4) is 0 Å². The second-order valence-electron chi connectivity index (χ2n) is 5.50. The molecule has 0 aliphatic heterocycles. The Morgan fingerprint density at radius 3 is 2.39 bits per heavy atom. The molecule has 0 bridgehead atoms. The van der Waals surface area contributed by atoms with Crippen molar-refractivity contribution in [2.45, 2.75) is 12.8 Å². The van der Waals surface area contributed by atoms with Gasteiger partial charge in [0, 0.05) is 19.4 Å². The van der Waals surface area contributed by atoms with Crippen LogP contribution in [-0.4, -0.2) is 19.8 Å². The summed E-state index contributed by atoms with van der Waals surface area (Å²) in [6.07, 6.45) is 4.88. The Hall–Kier alpha value is -2.82. The zero-order valence-electron chi connectivity index (χ0n) is 12.7. The molecule has 0 aliphatic carbocycles. The van der Waals surface area contributed by atoms with Crippen LogP contribution in [0.1, 0.15) is 11.1 Å². The number of rotatable bonds is 4.